The Kier molecular flexibility index (Phi) is 33.8. The van der Waals surface area contributed by atoms with E-state index in [1.807, 2.05) is 0 Å². The Bertz CT molecular complexity index is 417. The van der Waals surface area contributed by atoms with Crippen LogP contribution in [0.25, 0.3) is 0 Å². The summed E-state index contributed by atoms with van der Waals surface area (Å²) in [6, 6.07) is 0. The second-order valence-electron chi connectivity index (χ2n) is 7.45. The van der Waals surface area contributed by atoms with Crippen LogP contribution in [0.15, 0.2) is 0 Å². The van der Waals surface area contributed by atoms with Crippen LogP contribution in [0.1, 0.15) is 0 Å². The van der Waals surface area contributed by atoms with Crippen molar-refractivity contribution in [3.05, 3.63) is 0 Å². The summed E-state index contributed by atoms with van der Waals surface area (Å²) in [6.07, 6.45) is 0. The van der Waals surface area contributed by atoms with Crippen molar-refractivity contribution in [3.8, 4) is 0 Å². The molecule has 0 aromatic rings. The molecule has 4 N–H and O–H groups in total. The van der Waals surface area contributed by atoms with Crippen LogP contribution >= 0.6 is 11.8 Å². The third-order valence-corrected chi connectivity index (χ3v) is 5.55. The molecule has 0 bridgehead atoms. The maximum absolute atomic E-state index is 9.53. The lowest BCUT2D eigenvalue weighted by molar-refractivity contribution is -0.0224. The molecule has 0 fully saturated rings. The molecule has 0 saturated heterocycles. The smallest absolute Gasteiger partial charge is 0.128 e. The van der Waals surface area contributed by atoms with E-state index in [1.54, 1.807) is 0 Å². The minimum absolute atomic E-state index is 0.00323. The van der Waals surface area contributed by atoms with E-state index in [1.165, 1.54) is 11.8 Å². The van der Waals surface area contributed by atoms with Crippen molar-refractivity contribution in [3.63, 3.8) is 0 Å². The normalized spacial score (nSPS) is 13.2. The molecule has 2 atom stereocenters. The Morgan fingerprint density at radius 2 is 0.564 bits per heavy atom. The van der Waals surface area contributed by atoms with Gasteiger partial charge in [-0.05, 0) is 0 Å². The average Bonchev–Trinajstić information content (AvgIpc) is 2.95. The number of hydrogen-bond acceptors (Lipinski definition) is 15. The van der Waals surface area contributed by atoms with Gasteiger partial charge in [0.05, 0.1) is 145 Å². The van der Waals surface area contributed by atoms with Gasteiger partial charge in [-0.25, -0.2) is 0 Å². The predicted octanol–water partition coefficient (Wildman–Crippen LogP) is -1.49. The van der Waals surface area contributed by atoms with Crippen LogP contribution in [0.2, 0.25) is 0 Å². The van der Waals surface area contributed by atoms with Crippen LogP contribution in [0, 0.1) is 0 Å². The number of rotatable bonds is 34. The van der Waals surface area contributed by atoms with Crippen molar-refractivity contribution in [2.24, 2.45) is 0 Å². The number of hydrogen-bond donors (Lipinski definition) is 4. The van der Waals surface area contributed by atoms with E-state index in [4.69, 9.17) is 57.6 Å². The Balaban J connectivity index is 3.51. The molecule has 0 aliphatic heterocycles. The second-order valence-corrected chi connectivity index (χ2v) is 8.77. The molecule has 0 heterocycles. The minimum Gasteiger partial charge on any atom is -0.394 e. The standard InChI is InChI=1S/C24H50O14S/c25-1-3-29-5-7-31-9-11-33-13-15-35-17-19-37-23(21-27)39-24(22-28)38-20-18-36-16-14-34-12-10-32-8-6-30-4-2-26/h23-28H,1-22H2. The molecule has 0 radical (unpaired) electrons. The van der Waals surface area contributed by atoms with E-state index in [-0.39, 0.29) is 39.6 Å². The summed E-state index contributed by atoms with van der Waals surface area (Å²) in [4.78, 5) is 0. The van der Waals surface area contributed by atoms with Crippen molar-refractivity contribution in [1.29, 1.82) is 0 Å². The first kappa shape index (κ1) is 38.8. The minimum atomic E-state index is -0.557. The van der Waals surface area contributed by atoms with Crippen molar-refractivity contribution in [2.45, 2.75) is 10.9 Å². The van der Waals surface area contributed by atoms with E-state index in [0.29, 0.717) is 106 Å². The van der Waals surface area contributed by atoms with Crippen LogP contribution in [0.5, 0.6) is 0 Å². The lowest BCUT2D eigenvalue weighted by atomic mass is 10.6. The zero-order valence-corrected chi connectivity index (χ0v) is 23.8. The van der Waals surface area contributed by atoms with Gasteiger partial charge in [0.15, 0.2) is 0 Å². The van der Waals surface area contributed by atoms with Gasteiger partial charge >= 0.3 is 0 Å². The van der Waals surface area contributed by atoms with Gasteiger partial charge < -0.3 is 67.8 Å². The summed E-state index contributed by atoms with van der Waals surface area (Å²) < 4.78 is 53.6. The molecule has 0 rings (SSSR count). The lowest BCUT2D eigenvalue weighted by Crippen LogP contribution is -2.25. The first-order valence-electron chi connectivity index (χ1n) is 13.2. The molecular formula is C24H50O14S. The maximum Gasteiger partial charge on any atom is 0.128 e. The SMILES string of the molecule is OCCOCCOCCOCCOCCOC(CO)SC(CO)OCCOCCOCCOCCOCCO. The van der Waals surface area contributed by atoms with Crippen molar-refractivity contribution < 1.29 is 67.8 Å². The molecule has 0 amide bonds. The van der Waals surface area contributed by atoms with Crippen molar-refractivity contribution >= 4 is 11.8 Å². The molecule has 39 heavy (non-hydrogen) atoms. The molecular weight excluding hydrogens is 544 g/mol. The Morgan fingerprint density at radius 1 is 0.333 bits per heavy atom. The highest BCUT2D eigenvalue weighted by molar-refractivity contribution is 8.00. The zero-order chi connectivity index (χ0) is 28.5. The highest BCUT2D eigenvalue weighted by atomic mass is 32.2. The fraction of sp³-hybridized carbons (Fsp3) is 1.00. The molecule has 14 nitrogen and oxygen atoms in total. The van der Waals surface area contributed by atoms with Gasteiger partial charge in [0.2, 0.25) is 0 Å². The summed E-state index contributed by atoms with van der Waals surface area (Å²) in [6.45, 7) is 6.65. The Hall–Kier alpha value is -0.210. The van der Waals surface area contributed by atoms with Gasteiger partial charge in [0.1, 0.15) is 10.9 Å². The first-order chi connectivity index (χ1) is 19.3. The summed E-state index contributed by atoms with van der Waals surface area (Å²) in [5.41, 5.74) is -1.11. The fourth-order valence-electron chi connectivity index (χ4n) is 2.57. The highest BCUT2D eigenvalue weighted by Gasteiger charge is 2.17. The summed E-state index contributed by atoms with van der Waals surface area (Å²) in [5, 5.41) is 36.2. The van der Waals surface area contributed by atoms with Crippen LogP contribution in [0.3, 0.4) is 0 Å². The van der Waals surface area contributed by atoms with Gasteiger partial charge in [-0.2, -0.15) is 0 Å². The van der Waals surface area contributed by atoms with Gasteiger partial charge in [0.25, 0.3) is 0 Å². The molecule has 236 valence electrons. The van der Waals surface area contributed by atoms with E-state index in [2.05, 4.69) is 0 Å². The predicted molar refractivity (Wildman–Crippen MR) is 142 cm³/mol. The monoisotopic (exact) mass is 594 g/mol. The molecule has 0 aliphatic rings. The highest BCUT2D eigenvalue weighted by Crippen LogP contribution is 2.19. The third-order valence-electron chi connectivity index (χ3n) is 4.37. The molecule has 0 aromatic heterocycles. The summed E-state index contributed by atoms with van der Waals surface area (Å²) in [7, 11) is 0. The third kappa shape index (κ3) is 30.6. The van der Waals surface area contributed by atoms with Gasteiger partial charge in [-0.1, -0.05) is 11.8 Å². The topological polar surface area (TPSA) is 173 Å². The Morgan fingerprint density at radius 3 is 0.795 bits per heavy atom. The summed E-state index contributed by atoms with van der Waals surface area (Å²) in [5.74, 6) is 0. The van der Waals surface area contributed by atoms with Crippen LogP contribution in [-0.2, 0) is 47.4 Å². The largest absolute Gasteiger partial charge is 0.394 e. The summed E-state index contributed by atoms with van der Waals surface area (Å²) >= 11 is 1.19. The first-order valence-corrected chi connectivity index (χ1v) is 14.2. The van der Waals surface area contributed by atoms with Crippen LogP contribution in [0.4, 0.5) is 0 Å². The Labute approximate surface area is 236 Å². The second kappa shape index (κ2) is 34.0. The number of thioether (sulfide) groups is 1. The van der Waals surface area contributed by atoms with Crippen molar-refractivity contribution in [2.75, 3.05) is 145 Å². The van der Waals surface area contributed by atoms with Gasteiger partial charge in [0, 0.05) is 0 Å². The zero-order valence-electron chi connectivity index (χ0n) is 23.0. The van der Waals surface area contributed by atoms with Crippen LogP contribution < -0.4 is 0 Å². The maximum atomic E-state index is 9.53. The number of ether oxygens (including phenoxy) is 10. The van der Waals surface area contributed by atoms with E-state index < -0.39 is 10.9 Å². The molecule has 15 heteroatoms. The van der Waals surface area contributed by atoms with Crippen molar-refractivity contribution in [1.82, 2.24) is 0 Å². The van der Waals surface area contributed by atoms with Gasteiger partial charge in [-0.3, -0.25) is 0 Å². The fourth-order valence-corrected chi connectivity index (χ4v) is 3.43. The van der Waals surface area contributed by atoms with E-state index in [0.717, 1.165) is 0 Å². The van der Waals surface area contributed by atoms with Gasteiger partial charge in [-0.15, -0.1) is 0 Å². The molecule has 0 aromatic carbocycles. The number of aliphatic hydroxyl groups excluding tert-OH is 4. The molecule has 2 unspecified atom stereocenters. The van der Waals surface area contributed by atoms with E-state index in [9.17, 15) is 10.2 Å². The number of aliphatic hydroxyl groups is 4. The molecule has 0 saturated carbocycles. The van der Waals surface area contributed by atoms with E-state index >= 15 is 0 Å². The quantitative estimate of drug-likeness (QED) is 0.0501. The molecule has 0 spiro atoms. The van der Waals surface area contributed by atoms with Crippen LogP contribution in [-0.4, -0.2) is 177 Å². The lowest BCUT2D eigenvalue weighted by Gasteiger charge is -2.21. The average molecular weight is 595 g/mol. The molecule has 0 aliphatic carbocycles.